The van der Waals surface area contributed by atoms with Crippen LogP contribution in [0.1, 0.15) is 26.0 Å². The predicted molar refractivity (Wildman–Crippen MR) is 71.2 cm³/mol. The molecular weight excluding hydrogens is 268 g/mol. The highest BCUT2D eigenvalue weighted by Crippen LogP contribution is 2.11. The zero-order chi connectivity index (χ0) is 14.5. The van der Waals surface area contributed by atoms with Crippen molar-refractivity contribution in [1.82, 2.24) is 9.71 Å². The SMILES string of the molecule is CCC(C)(NS(=O)(=O)CCc1ccccn1)C(=O)O. The Morgan fingerprint density at radius 2 is 2.16 bits per heavy atom. The van der Waals surface area contributed by atoms with E-state index in [1.807, 2.05) is 0 Å². The number of hydrogen-bond acceptors (Lipinski definition) is 4. The van der Waals surface area contributed by atoms with Gasteiger partial charge in [-0.05, 0) is 25.5 Å². The van der Waals surface area contributed by atoms with Gasteiger partial charge in [0, 0.05) is 18.3 Å². The molecule has 0 aromatic carbocycles. The molecule has 2 N–H and O–H groups in total. The van der Waals surface area contributed by atoms with Crippen LogP contribution in [0.3, 0.4) is 0 Å². The minimum atomic E-state index is -3.67. The van der Waals surface area contributed by atoms with Gasteiger partial charge in [0.2, 0.25) is 10.0 Å². The highest BCUT2D eigenvalue weighted by molar-refractivity contribution is 7.89. The quantitative estimate of drug-likeness (QED) is 0.772. The number of aromatic nitrogens is 1. The zero-order valence-electron chi connectivity index (χ0n) is 11.0. The molecule has 0 aliphatic heterocycles. The first-order valence-electron chi connectivity index (χ1n) is 5.94. The van der Waals surface area contributed by atoms with Gasteiger partial charge in [0.25, 0.3) is 0 Å². The number of aryl methyl sites for hydroxylation is 1. The normalized spacial score (nSPS) is 14.8. The molecule has 0 saturated carbocycles. The van der Waals surface area contributed by atoms with Gasteiger partial charge in [-0.1, -0.05) is 13.0 Å². The lowest BCUT2D eigenvalue weighted by Gasteiger charge is -2.24. The van der Waals surface area contributed by atoms with E-state index in [0.717, 1.165) is 0 Å². The van der Waals surface area contributed by atoms with Gasteiger partial charge in [0.1, 0.15) is 5.54 Å². The van der Waals surface area contributed by atoms with Crippen LogP contribution in [0.15, 0.2) is 24.4 Å². The molecule has 0 saturated heterocycles. The molecule has 1 heterocycles. The van der Waals surface area contributed by atoms with E-state index >= 15 is 0 Å². The van der Waals surface area contributed by atoms with Crippen molar-refractivity contribution in [3.63, 3.8) is 0 Å². The number of sulfonamides is 1. The monoisotopic (exact) mass is 286 g/mol. The van der Waals surface area contributed by atoms with Gasteiger partial charge >= 0.3 is 5.97 Å². The molecular formula is C12H18N2O4S. The van der Waals surface area contributed by atoms with Crippen molar-refractivity contribution in [2.45, 2.75) is 32.2 Å². The smallest absolute Gasteiger partial charge is 0.324 e. The summed E-state index contributed by atoms with van der Waals surface area (Å²) >= 11 is 0. The molecule has 6 nitrogen and oxygen atoms in total. The van der Waals surface area contributed by atoms with Crippen molar-refractivity contribution < 1.29 is 18.3 Å². The summed E-state index contributed by atoms with van der Waals surface area (Å²) < 4.78 is 26.0. The number of aliphatic carboxylic acids is 1. The molecule has 0 spiro atoms. The summed E-state index contributed by atoms with van der Waals surface area (Å²) in [6, 6.07) is 5.25. The van der Waals surface area contributed by atoms with Crippen LogP contribution in [-0.4, -0.2) is 35.8 Å². The van der Waals surface area contributed by atoms with Gasteiger partial charge in [-0.25, -0.2) is 8.42 Å². The van der Waals surface area contributed by atoms with E-state index in [4.69, 9.17) is 5.11 Å². The molecule has 0 aliphatic carbocycles. The Hall–Kier alpha value is -1.47. The second kappa shape index (κ2) is 6.12. The zero-order valence-corrected chi connectivity index (χ0v) is 11.8. The summed E-state index contributed by atoms with van der Waals surface area (Å²) in [7, 11) is -3.67. The van der Waals surface area contributed by atoms with Crippen LogP contribution in [0.5, 0.6) is 0 Å². The van der Waals surface area contributed by atoms with Crippen molar-refractivity contribution in [1.29, 1.82) is 0 Å². The lowest BCUT2D eigenvalue weighted by atomic mass is 10.0. The summed E-state index contributed by atoms with van der Waals surface area (Å²) in [5.74, 6) is -1.37. The maximum absolute atomic E-state index is 11.9. The van der Waals surface area contributed by atoms with Crippen LogP contribution < -0.4 is 4.72 Å². The molecule has 1 aromatic rings. The van der Waals surface area contributed by atoms with Crippen LogP contribution in [0, 0.1) is 0 Å². The first-order valence-corrected chi connectivity index (χ1v) is 7.59. The van der Waals surface area contributed by atoms with E-state index in [2.05, 4.69) is 9.71 Å². The lowest BCUT2D eigenvalue weighted by Crippen LogP contribution is -2.52. The van der Waals surface area contributed by atoms with E-state index in [1.165, 1.54) is 6.92 Å². The second-order valence-corrected chi connectivity index (χ2v) is 6.32. The molecule has 1 aromatic heterocycles. The third-order valence-corrected chi connectivity index (χ3v) is 4.42. The van der Waals surface area contributed by atoms with Gasteiger partial charge in [-0.2, -0.15) is 4.72 Å². The molecule has 1 atom stereocenters. The number of carboxylic acid groups (broad SMARTS) is 1. The highest BCUT2D eigenvalue weighted by Gasteiger charge is 2.35. The fourth-order valence-electron chi connectivity index (χ4n) is 1.45. The minimum Gasteiger partial charge on any atom is -0.480 e. The molecule has 0 radical (unpaired) electrons. The minimum absolute atomic E-state index is 0.172. The van der Waals surface area contributed by atoms with Crippen molar-refractivity contribution in [2.24, 2.45) is 0 Å². The maximum Gasteiger partial charge on any atom is 0.324 e. The maximum atomic E-state index is 11.9. The Labute approximate surface area is 112 Å². The fraction of sp³-hybridized carbons (Fsp3) is 0.500. The first-order chi connectivity index (χ1) is 8.79. The van der Waals surface area contributed by atoms with Crippen LogP contribution in [0.25, 0.3) is 0 Å². The van der Waals surface area contributed by atoms with Crippen LogP contribution in [-0.2, 0) is 21.2 Å². The molecule has 0 bridgehead atoms. The van der Waals surface area contributed by atoms with E-state index in [0.29, 0.717) is 5.69 Å². The molecule has 7 heteroatoms. The van der Waals surface area contributed by atoms with Gasteiger partial charge in [-0.3, -0.25) is 9.78 Å². The number of carboxylic acids is 1. The van der Waals surface area contributed by atoms with E-state index in [1.54, 1.807) is 31.3 Å². The summed E-state index contributed by atoms with van der Waals surface area (Å²) in [4.78, 5) is 15.1. The molecule has 1 rings (SSSR count). The van der Waals surface area contributed by atoms with Crippen LogP contribution in [0.2, 0.25) is 0 Å². The average Bonchev–Trinajstić information content (AvgIpc) is 2.37. The standard InChI is InChI=1S/C12H18N2O4S/c1-3-12(2,11(15)16)14-19(17,18)9-7-10-6-4-5-8-13-10/h4-6,8,14H,3,7,9H2,1-2H3,(H,15,16). The number of rotatable bonds is 7. The second-order valence-electron chi connectivity index (χ2n) is 4.48. The van der Waals surface area contributed by atoms with Crippen molar-refractivity contribution in [3.8, 4) is 0 Å². The lowest BCUT2D eigenvalue weighted by molar-refractivity contribution is -0.143. The number of nitrogens with one attached hydrogen (secondary N) is 1. The molecule has 1 unspecified atom stereocenters. The third-order valence-electron chi connectivity index (χ3n) is 2.91. The Morgan fingerprint density at radius 1 is 1.47 bits per heavy atom. The Balaban J connectivity index is 2.69. The van der Waals surface area contributed by atoms with Crippen molar-refractivity contribution in [2.75, 3.05) is 5.75 Å². The topological polar surface area (TPSA) is 96.4 Å². The molecule has 0 fully saturated rings. The number of hydrogen-bond donors (Lipinski definition) is 2. The Bertz CT molecular complexity index is 530. The largest absolute Gasteiger partial charge is 0.480 e. The van der Waals surface area contributed by atoms with Crippen molar-refractivity contribution in [3.05, 3.63) is 30.1 Å². The molecule has 0 amide bonds. The fourth-order valence-corrected chi connectivity index (χ4v) is 2.94. The van der Waals surface area contributed by atoms with Gasteiger partial charge < -0.3 is 5.11 Å². The molecule has 0 aliphatic rings. The summed E-state index contributed by atoms with van der Waals surface area (Å²) in [5.41, 5.74) is -0.815. The molecule has 106 valence electrons. The summed E-state index contributed by atoms with van der Waals surface area (Å²) in [5, 5.41) is 9.04. The van der Waals surface area contributed by atoms with E-state index < -0.39 is 21.5 Å². The third kappa shape index (κ3) is 4.60. The average molecular weight is 286 g/mol. The Morgan fingerprint density at radius 3 is 2.63 bits per heavy atom. The van der Waals surface area contributed by atoms with E-state index in [-0.39, 0.29) is 18.6 Å². The van der Waals surface area contributed by atoms with Crippen LogP contribution >= 0.6 is 0 Å². The number of nitrogens with zero attached hydrogens (tertiary/aromatic N) is 1. The number of carbonyl (C=O) groups is 1. The summed E-state index contributed by atoms with van der Waals surface area (Å²) in [6.07, 6.45) is 2.00. The Kier molecular flexibility index (Phi) is 5.02. The first kappa shape index (κ1) is 15.6. The molecule has 19 heavy (non-hydrogen) atoms. The number of pyridine rings is 1. The van der Waals surface area contributed by atoms with Gasteiger partial charge in [-0.15, -0.1) is 0 Å². The van der Waals surface area contributed by atoms with Gasteiger partial charge in [0.15, 0.2) is 0 Å². The van der Waals surface area contributed by atoms with Crippen LogP contribution in [0.4, 0.5) is 0 Å². The van der Waals surface area contributed by atoms with Crippen molar-refractivity contribution >= 4 is 16.0 Å². The summed E-state index contributed by atoms with van der Waals surface area (Å²) in [6.45, 7) is 2.98. The van der Waals surface area contributed by atoms with Gasteiger partial charge in [0.05, 0.1) is 5.75 Å². The predicted octanol–water partition coefficient (Wildman–Crippen LogP) is 0.797. The van der Waals surface area contributed by atoms with E-state index in [9.17, 15) is 13.2 Å². The highest BCUT2D eigenvalue weighted by atomic mass is 32.2.